The van der Waals surface area contributed by atoms with Gasteiger partial charge in [-0.3, -0.25) is 5.10 Å². The van der Waals surface area contributed by atoms with Crippen LogP contribution in [0.3, 0.4) is 0 Å². The molecule has 0 aliphatic rings. The van der Waals surface area contributed by atoms with Gasteiger partial charge in [-0.15, -0.1) is 0 Å². The predicted molar refractivity (Wildman–Crippen MR) is 50.7 cm³/mol. The number of thiol groups is 1. The lowest BCUT2D eigenvalue weighted by Crippen LogP contribution is -2.08. The normalized spacial score (nSPS) is 16.3. The van der Waals surface area contributed by atoms with Crippen molar-refractivity contribution in [1.82, 2.24) is 10.2 Å². The molecule has 0 saturated carbocycles. The summed E-state index contributed by atoms with van der Waals surface area (Å²) in [6, 6.07) is 0. The Hall–Kier alpha value is 0.0900. The smallest absolute Gasteiger partial charge is 0.176 e. The van der Waals surface area contributed by atoms with Crippen molar-refractivity contribution in [2.75, 3.05) is 0 Å². The van der Waals surface area contributed by atoms with Gasteiger partial charge in [0.2, 0.25) is 0 Å². The number of aromatic amines is 1. The maximum Gasteiger partial charge on any atom is 0.176 e. The van der Waals surface area contributed by atoms with Crippen molar-refractivity contribution in [3.63, 3.8) is 0 Å². The van der Waals surface area contributed by atoms with Gasteiger partial charge in [0, 0.05) is 0 Å². The Balaban J connectivity index is 2.84. The van der Waals surface area contributed by atoms with E-state index in [9.17, 15) is 0 Å². The second-order valence-corrected chi connectivity index (χ2v) is 4.39. The minimum Gasteiger partial charge on any atom is -0.392 e. The minimum absolute atomic E-state index is 0.243. The number of nitrogens with zero attached hydrogens (tertiary/aromatic N) is 1. The fraction of sp³-hybridized carbons (Fsp3) is 0.600. The van der Waals surface area contributed by atoms with Crippen molar-refractivity contribution in [3.05, 3.63) is 8.96 Å². The Labute approximate surface area is 78.9 Å². The Morgan fingerprint density at radius 3 is 2.82 bits per heavy atom. The van der Waals surface area contributed by atoms with Crippen LogP contribution in [0.5, 0.6) is 0 Å². The number of aliphatic hydroxyl groups excluding tert-OH is 1. The van der Waals surface area contributed by atoms with Crippen molar-refractivity contribution in [3.8, 4) is 0 Å². The fourth-order valence-electron chi connectivity index (χ4n) is 0.574. The molecule has 3 nitrogen and oxygen atoms in total. The number of hydrogen-bond acceptors (Lipinski definition) is 5. The maximum absolute atomic E-state index is 9.13. The molecule has 11 heavy (non-hydrogen) atoms. The van der Waals surface area contributed by atoms with Gasteiger partial charge in [-0.25, -0.2) is 0 Å². The van der Waals surface area contributed by atoms with E-state index in [2.05, 4.69) is 22.8 Å². The molecule has 2 atom stereocenters. The molecule has 0 aliphatic heterocycles. The Bertz CT molecular complexity index is 279. The molecule has 0 saturated heterocycles. The van der Waals surface area contributed by atoms with Gasteiger partial charge in [0.05, 0.1) is 11.4 Å². The molecule has 0 aliphatic carbocycles. The number of nitrogens with one attached hydrogen (secondary N) is 1. The third kappa shape index (κ3) is 2.26. The van der Waals surface area contributed by atoms with E-state index in [0.29, 0.717) is 3.95 Å². The summed E-state index contributed by atoms with van der Waals surface area (Å²) in [4.78, 5) is 0. The lowest BCUT2D eigenvalue weighted by Gasteiger charge is -2.08. The number of hydrogen-bond donors (Lipinski definition) is 3. The molecule has 0 radical (unpaired) electrons. The highest BCUT2D eigenvalue weighted by molar-refractivity contribution is 7.80. The lowest BCUT2D eigenvalue weighted by molar-refractivity contribution is 0.192. The SMILES string of the molecule is CC(O)C(S)c1n[nH]c(=S)s1. The number of H-pyrrole nitrogens is 1. The van der Waals surface area contributed by atoms with Crippen molar-refractivity contribution in [2.45, 2.75) is 18.3 Å². The zero-order chi connectivity index (χ0) is 8.43. The minimum atomic E-state index is -0.507. The van der Waals surface area contributed by atoms with Gasteiger partial charge >= 0.3 is 0 Å². The highest BCUT2D eigenvalue weighted by Crippen LogP contribution is 2.24. The van der Waals surface area contributed by atoms with Crippen LogP contribution >= 0.6 is 36.2 Å². The zero-order valence-electron chi connectivity index (χ0n) is 5.81. The van der Waals surface area contributed by atoms with Crippen molar-refractivity contribution < 1.29 is 5.11 Å². The zero-order valence-corrected chi connectivity index (χ0v) is 8.34. The van der Waals surface area contributed by atoms with Crippen LogP contribution in [0.15, 0.2) is 0 Å². The highest BCUT2D eigenvalue weighted by Gasteiger charge is 2.15. The molecule has 2 unspecified atom stereocenters. The molecule has 1 aromatic rings. The van der Waals surface area contributed by atoms with Crippen molar-refractivity contribution in [2.24, 2.45) is 0 Å². The molecular weight excluding hydrogens is 200 g/mol. The first-order valence-corrected chi connectivity index (χ1v) is 4.77. The Morgan fingerprint density at radius 2 is 2.45 bits per heavy atom. The van der Waals surface area contributed by atoms with Crippen LogP contribution in [0.2, 0.25) is 0 Å². The van der Waals surface area contributed by atoms with Crippen LogP contribution in [0.4, 0.5) is 0 Å². The molecule has 0 bridgehead atoms. The summed E-state index contributed by atoms with van der Waals surface area (Å²) in [6.45, 7) is 1.67. The van der Waals surface area contributed by atoms with E-state index < -0.39 is 6.10 Å². The van der Waals surface area contributed by atoms with Gasteiger partial charge in [-0.2, -0.15) is 17.7 Å². The first-order chi connectivity index (χ1) is 5.11. The molecule has 0 fully saturated rings. The molecule has 0 amide bonds. The number of aromatic nitrogens is 2. The van der Waals surface area contributed by atoms with Gasteiger partial charge in [-0.05, 0) is 19.1 Å². The largest absolute Gasteiger partial charge is 0.392 e. The van der Waals surface area contributed by atoms with E-state index in [-0.39, 0.29) is 5.25 Å². The summed E-state index contributed by atoms with van der Waals surface area (Å²) in [5.74, 6) is 0. The monoisotopic (exact) mass is 208 g/mol. The summed E-state index contributed by atoms with van der Waals surface area (Å²) < 4.78 is 0.611. The summed E-state index contributed by atoms with van der Waals surface area (Å²) in [5, 5.41) is 16.1. The second-order valence-electron chi connectivity index (χ2n) is 2.14. The summed E-state index contributed by atoms with van der Waals surface area (Å²) in [5.41, 5.74) is 0. The Kier molecular flexibility index (Phi) is 3.06. The Morgan fingerprint density at radius 1 is 1.82 bits per heavy atom. The van der Waals surface area contributed by atoms with Gasteiger partial charge in [0.15, 0.2) is 3.95 Å². The van der Waals surface area contributed by atoms with Crippen LogP contribution in [0, 0.1) is 3.95 Å². The van der Waals surface area contributed by atoms with E-state index >= 15 is 0 Å². The molecule has 1 heterocycles. The molecule has 6 heteroatoms. The topological polar surface area (TPSA) is 48.9 Å². The van der Waals surface area contributed by atoms with Crippen molar-refractivity contribution in [1.29, 1.82) is 0 Å². The molecule has 2 N–H and O–H groups in total. The number of aliphatic hydroxyl groups is 1. The van der Waals surface area contributed by atoms with E-state index in [1.165, 1.54) is 11.3 Å². The predicted octanol–water partition coefficient (Wildman–Crippen LogP) is 1.55. The van der Waals surface area contributed by atoms with Crippen LogP contribution in [-0.4, -0.2) is 21.4 Å². The van der Waals surface area contributed by atoms with E-state index in [1.807, 2.05) is 0 Å². The molecule has 1 rings (SSSR count). The third-order valence-electron chi connectivity index (χ3n) is 1.16. The van der Waals surface area contributed by atoms with Crippen molar-refractivity contribution >= 4 is 36.2 Å². The van der Waals surface area contributed by atoms with Gasteiger partial charge < -0.3 is 5.11 Å². The first-order valence-electron chi connectivity index (χ1n) is 3.03. The fourth-order valence-corrected chi connectivity index (χ4v) is 1.78. The van der Waals surface area contributed by atoms with Gasteiger partial charge in [-0.1, -0.05) is 11.3 Å². The molecule has 62 valence electrons. The standard InChI is InChI=1S/C5H8N2OS3/c1-2(8)3(9)4-6-7-5(10)11-4/h2-3,8-9H,1H3,(H,7,10). The summed E-state index contributed by atoms with van der Waals surface area (Å²) >= 11 is 10.3. The molecule has 0 spiro atoms. The van der Waals surface area contributed by atoms with Gasteiger partial charge in [0.25, 0.3) is 0 Å². The van der Waals surface area contributed by atoms with E-state index in [0.717, 1.165) is 5.01 Å². The van der Waals surface area contributed by atoms with Crippen LogP contribution in [0.1, 0.15) is 17.2 Å². The van der Waals surface area contributed by atoms with Crippen LogP contribution < -0.4 is 0 Å². The maximum atomic E-state index is 9.13. The average Bonchev–Trinajstić information content (AvgIpc) is 2.34. The van der Waals surface area contributed by atoms with E-state index in [1.54, 1.807) is 6.92 Å². The van der Waals surface area contributed by atoms with Gasteiger partial charge in [0.1, 0.15) is 5.01 Å². The molecular formula is C5H8N2OS3. The third-order valence-corrected chi connectivity index (χ3v) is 3.19. The quantitative estimate of drug-likeness (QED) is 0.510. The van der Waals surface area contributed by atoms with Crippen LogP contribution in [-0.2, 0) is 0 Å². The molecule has 0 aromatic carbocycles. The summed E-state index contributed by atoms with van der Waals surface area (Å²) in [6.07, 6.45) is -0.507. The second kappa shape index (κ2) is 3.66. The molecule has 1 aromatic heterocycles. The van der Waals surface area contributed by atoms with E-state index in [4.69, 9.17) is 17.3 Å². The number of rotatable bonds is 2. The first kappa shape index (κ1) is 9.18. The highest BCUT2D eigenvalue weighted by atomic mass is 32.1. The summed E-state index contributed by atoms with van der Waals surface area (Å²) in [7, 11) is 0. The van der Waals surface area contributed by atoms with Crippen LogP contribution in [0.25, 0.3) is 0 Å². The average molecular weight is 208 g/mol. The lowest BCUT2D eigenvalue weighted by atomic mass is 10.3.